The molecular weight excluding hydrogens is 242 g/mol. The molecule has 6 heteroatoms. The van der Waals surface area contributed by atoms with Gasteiger partial charge in [0, 0.05) is 6.04 Å². The smallest absolute Gasteiger partial charge is 0.387 e. The summed E-state index contributed by atoms with van der Waals surface area (Å²) in [6.45, 7) is -2.91. The minimum absolute atomic E-state index is 0.0451. The van der Waals surface area contributed by atoms with Gasteiger partial charge in [-0.15, -0.1) is 0 Å². The Morgan fingerprint density at radius 1 is 1.33 bits per heavy atom. The normalized spacial score (nSPS) is 15.1. The minimum atomic E-state index is -2.91. The van der Waals surface area contributed by atoms with Gasteiger partial charge in [-0.05, 0) is 31.4 Å². The molecule has 0 radical (unpaired) electrons. The maximum absolute atomic E-state index is 12.2. The molecule has 0 aliphatic heterocycles. The molecule has 18 heavy (non-hydrogen) atoms. The third-order valence-electron chi connectivity index (χ3n) is 2.79. The van der Waals surface area contributed by atoms with E-state index in [0.717, 1.165) is 19.3 Å². The van der Waals surface area contributed by atoms with Crippen molar-refractivity contribution < 1.29 is 18.3 Å². The Morgan fingerprint density at radius 2 is 2.06 bits per heavy atom. The number of alkyl halides is 2. The van der Waals surface area contributed by atoms with E-state index in [9.17, 15) is 13.6 Å². The van der Waals surface area contributed by atoms with E-state index >= 15 is 0 Å². The molecule has 0 bridgehead atoms. The van der Waals surface area contributed by atoms with Gasteiger partial charge < -0.3 is 15.4 Å². The summed E-state index contributed by atoms with van der Waals surface area (Å²) < 4.78 is 28.6. The van der Waals surface area contributed by atoms with Crippen molar-refractivity contribution in [1.29, 1.82) is 0 Å². The first-order chi connectivity index (χ1) is 8.65. The van der Waals surface area contributed by atoms with Crippen LogP contribution in [0.4, 0.5) is 19.3 Å². The second kappa shape index (κ2) is 5.66. The number of ether oxygens (including phenoxy) is 1. The van der Waals surface area contributed by atoms with Crippen molar-refractivity contribution in [2.24, 2.45) is 0 Å². The van der Waals surface area contributed by atoms with Gasteiger partial charge in [0.1, 0.15) is 5.75 Å². The summed E-state index contributed by atoms with van der Waals surface area (Å²) >= 11 is 0. The molecule has 4 nitrogen and oxygen atoms in total. The Labute approximate surface area is 103 Å². The maximum Gasteiger partial charge on any atom is 0.387 e. The molecule has 0 heterocycles. The standard InChI is InChI=1S/C12H14F2N2O2/c13-11(14)18-10-7-2-1-6-9(10)16-12(17)15-8-4-3-5-8/h1-2,6-8,11H,3-5H2,(H2,15,16,17). The summed E-state index contributed by atoms with van der Waals surface area (Å²) in [4.78, 5) is 11.6. The van der Waals surface area contributed by atoms with Crippen LogP contribution in [0.1, 0.15) is 19.3 Å². The number of carbonyl (C=O) groups is 1. The number of urea groups is 1. The second-order valence-corrected chi connectivity index (χ2v) is 4.10. The fraction of sp³-hybridized carbons (Fsp3) is 0.417. The lowest BCUT2D eigenvalue weighted by molar-refractivity contribution is -0.0493. The monoisotopic (exact) mass is 256 g/mol. The van der Waals surface area contributed by atoms with E-state index in [-0.39, 0.29) is 17.5 Å². The summed E-state index contributed by atoms with van der Waals surface area (Å²) in [5, 5.41) is 5.26. The van der Waals surface area contributed by atoms with Crippen LogP contribution in [0.2, 0.25) is 0 Å². The predicted molar refractivity (Wildman–Crippen MR) is 62.9 cm³/mol. The highest BCUT2D eigenvalue weighted by atomic mass is 19.3. The quantitative estimate of drug-likeness (QED) is 0.870. The van der Waals surface area contributed by atoms with Gasteiger partial charge in [-0.1, -0.05) is 12.1 Å². The summed E-state index contributed by atoms with van der Waals surface area (Å²) in [7, 11) is 0. The summed E-state index contributed by atoms with van der Waals surface area (Å²) in [6, 6.07) is 5.88. The highest BCUT2D eigenvalue weighted by Gasteiger charge is 2.20. The Morgan fingerprint density at radius 3 is 2.67 bits per heavy atom. The molecule has 2 amide bonds. The van der Waals surface area contributed by atoms with Crippen LogP contribution in [0, 0.1) is 0 Å². The highest BCUT2D eigenvalue weighted by molar-refractivity contribution is 5.91. The van der Waals surface area contributed by atoms with E-state index in [1.807, 2.05) is 0 Å². The first-order valence-corrected chi connectivity index (χ1v) is 5.76. The lowest BCUT2D eigenvalue weighted by Crippen LogP contribution is -2.41. The number of nitrogens with one attached hydrogen (secondary N) is 2. The van der Waals surface area contributed by atoms with Crippen LogP contribution in [-0.4, -0.2) is 18.7 Å². The van der Waals surface area contributed by atoms with E-state index in [1.165, 1.54) is 12.1 Å². The van der Waals surface area contributed by atoms with E-state index < -0.39 is 12.6 Å². The lowest BCUT2D eigenvalue weighted by atomic mass is 9.93. The molecule has 0 unspecified atom stereocenters. The number of carbonyl (C=O) groups excluding carboxylic acids is 1. The van der Waals surface area contributed by atoms with Crippen LogP contribution >= 0.6 is 0 Å². The number of anilines is 1. The SMILES string of the molecule is O=C(Nc1ccccc1OC(F)F)NC1CCC1. The Bertz CT molecular complexity index is 422. The zero-order valence-electron chi connectivity index (χ0n) is 9.66. The molecule has 1 aliphatic rings. The van der Waals surface area contributed by atoms with Crippen LogP contribution < -0.4 is 15.4 Å². The molecule has 0 atom stereocenters. The molecule has 1 aromatic carbocycles. The summed E-state index contributed by atoms with van der Waals surface area (Å²) in [6.07, 6.45) is 3.03. The van der Waals surface area contributed by atoms with E-state index in [2.05, 4.69) is 15.4 Å². The lowest BCUT2D eigenvalue weighted by Gasteiger charge is -2.26. The van der Waals surface area contributed by atoms with E-state index in [1.54, 1.807) is 12.1 Å². The van der Waals surface area contributed by atoms with Gasteiger partial charge in [-0.2, -0.15) is 8.78 Å². The maximum atomic E-state index is 12.2. The van der Waals surface area contributed by atoms with Crippen LogP contribution in [-0.2, 0) is 0 Å². The number of amides is 2. The molecule has 1 aliphatic carbocycles. The number of para-hydroxylation sites is 2. The van der Waals surface area contributed by atoms with Gasteiger partial charge in [-0.3, -0.25) is 0 Å². The first-order valence-electron chi connectivity index (χ1n) is 5.76. The zero-order valence-corrected chi connectivity index (χ0v) is 9.66. The molecule has 98 valence electrons. The molecule has 1 saturated carbocycles. The van der Waals surface area contributed by atoms with Gasteiger partial charge in [0.2, 0.25) is 0 Å². The van der Waals surface area contributed by atoms with Gasteiger partial charge in [0.25, 0.3) is 0 Å². The Kier molecular flexibility index (Phi) is 3.96. The predicted octanol–water partition coefficient (Wildman–Crippen LogP) is 2.96. The van der Waals surface area contributed by atoms with Crippen molar-refractivity contribution in [3.05, 3.63) is 24.3 Å². The number of benzene rings is 1. The third kappa shape index (κ3) is 3.32. The van der Waals surface area contributed by atoms with Crippen molar-refractivity contribution in [3.8, 4) is 5.75 Å². The van der Waals surface area contributed by atoms with Gasteiger partial charge >= 0.3 is 12.6 Å². The fourth-order valence-electron chi connectivity index (χ4n) is 1.67. The summed E-state index contributed by atoms with van der Waals surface area (Å²) in [5.41, 5.74) is 0.231. The van der Waals surface area contributed by atoms with Crippen molar-refractivity contribution in [1.82, 2.24) is 5.32 Å². The number of hydrogen-bond acceptors (Lipinski definition) is 2. The molecule has 2 N–H and O–H groups in total. The Balaban J connectivity index is 1.96. The largest absolute Gasteiger partial charge is 0.433 e. The van der Waals surface area contributed by atoms with Crippen molar-refractivity contribution in [3.63, 3.8) is 0 Å². The van der Waals surface area contributed by atoms with Crippen LogP contribution in [0.25, 0.3) is 0 Å². The molecule has 0 aromatic heterocycles. The molecule has 2 rings (SSSR count). The zero-order chi connectivity index (χ0) is 13.0. The average Bonchev–Trinajstić information content (AvgIpc) is 2.26. The molecule has 0 spiro atoms. The number of rotatable bonds is 4. The minimum Gasteiger partial charge on any atom is -0.433 e. The van der Waals surface area contributed by atoms with Crippen molar-refractivity contribution in [2.75, 3.05) is 5.32 Å². The van der Waals surface area contributed by atoms with Gasteiger partial charge in [0.05, 0.1) is 5.69 Å². The topological polar surface area (TPSA) is 50.4 Å². The molecule has 1 fully saturated rings. The van der Waals surface area contributed by atoms with Gasteiger partial charge in [0.15, 0.2) is 0 Å². The van der Waals surface area contributed by atoms with Crippen molar-refractivity contribution in [2.45, 2.75) is 31.9 Å². The van der Waals surface area contributed by atoms with Crippen LogP contribution in [0.15, 0.2) is 24.3 Å². The van der Waals surface area contributed by atoms with Gasteiger partial charge in [-0.25, -0.2) is 4.79 Å². The van der Waals surface area contributed by atoms with Crippen molar-refractivity contribution >= 4 is 11.7 Å². The average molecular weight is 256 g/mol. The number of hydrogen-bond donors (Lipinski definition) is 2. The highest BCUT2D eigenvalue weighted by Crippen LogP contribution is 2.25. The molecule has 0 saturated heterocycles. The Hall–Kier alpha value is -1.85. The molecule has 1 aromatic rings. The second-order valence-electron chi connectivity index (χ2n) is 4.10. The van der Waals surface area contributed by atoms with Crippen LogP contribution in [0.5, 0.6) is 5.75 Å². The summed E-state index contributed by atoms with van der Waals surface area (Å²) in [5.74, 6) is -0.0451. The van der Waals surface area contributed by atoms with E-state index in [4.69, 9.17) is 0 Å². The van der Waals surface area contributed by atoms with E-state index in [0.29, 0.717) is 0 Å². The van der Waals surface area contributed by atoms with Crippen LogP contribution in [0.3, 0.4) is 0 Å². The third-order valence-corrected chi connectivity index (χ3v) is 2.79. The molecular formula is C12H14F2N2O2. The number of halogens is 2. The fourth-order valence-corrected chi connectivity index (χ4v) is 1.67. The first kappa shape index (κ1) is 12.6.